The maximum atomic E-state index is 12.5. The molecule has 1 atom stereocenters. The third kappa shape index (κ3) is 3.18. The van der Waals surface area contributed by atoms with Crippen molar-refractivity contribution in [2.45, 2.75) is 44.6 Å². The normalized spacial score (nSPS) is 24.3. The van der Waals surface area contributed by atoms with E-state index >= 15 is 0 Å². The van der Waals surface area contributed by atoms with Gasteiger partial charge >= 0.3 is 0 Å². The van der Waals surface area contributed by atoms with Gasteiger partial charge in [-0.05, 0) is 19.3 Å². The van der Waals surface area contributed by atoms with Crippen LogP contribution < -0.4 is 5.56 Å². The zero-order valence-electron chi connectivity index (χ0n) is 14.9. The van der Waals surface area contributed by atoms with E-state index in [1.807, 2.05) is 4.90 Å². The van der Waals surface area contributed by atoms with Crippen molar-refractivity contribution in [1.29, 1.82) is 0 Å². The van der Waals surface area contributed by atoms with Gasteiger partial charge < -0.3 is 9.88 Å². The zero-order valence-corrected chi connectivity index (χ0v) is 15.7. The van der Waals surface area contributed by atoms with Crippen LogP contribution in [0, 0.1) is 5.92 Å². The van der Waals surface area contributed by atoms with Crippen LogP contribution >= 0.6 is 0 Å². The molecule has 0 aromatic carbocycles. The lowest BCUT2D eigenvalue weighted by molar-refractivity contribution is -0.137. The molecule has 1 aliphatic carbocycles. The van der Waals surface area contributed by atoms with Crippen LogP contribution in [0.2, 0.25) is 0 Å². The summed E-state index contributed by atoms with van der Waals surface area (Å²) < 4.78 is 24.8. The third-order valence-electron chi connectivity index (χ3n) is 5.86. The number of nitrogens with one attached hydrogen (secondary N) is 1. The first-order chi connectivity index (χ1) is 12.3. The van der Waals surface area contributed by atoms with Crippen LogP contribution in [0.5, 0.6) is 0 Å². The summed E-state index contributed by atoms with van der Waals surface area (Å²) in [6, 6.07) is 0. The van der Waals surface area contributed by atoms with Gasteiger partial charge in [0.2, 0.25) is 15.9 Å². The standard InChI is InChI=1S/C17H24N4O4S/c1-26(24,25)21-8-6-14-13(10-21)16(22)19-15(18-14)12-5-7-20(9-12)17(23)11-3-2-4-11/h11-12H,2-10H2,1H3,(H,18,19,22)/t12-/m1/s1. The summed E-state index contributed by atoms with van der Waals surface area (Å²) in [6.45, 7) is 1.74. The average molecular weight is 380 g/mol. The maximum Gasteiger partial charge on any atom is 0.255 e. The molecule has 0 spiro atoms. The van der Waals surface area contributed by atoms with Crippen LogP contribution in [0.25, 0.3) is 0 Å². The number of carbonyl (C=O) groups excluding carboxylic acids is 1. The van der Waals surface area contributed by atoms with Crippen molar-refractivity contribution in [2.75, 3.05) is 25.9 Å². The van der Waals surface area contributed by atoms with Gasteiger partial charge in [-0.1, -0.05) is 6.42 Å². The number of rotatable bonds is 3. The van der Waals surface area contributed by atoms with E-state index < -0.39 is 10.0 Å². The first-order valence-corrected chi connectivity index (χ1v) is 11.0. The van der Waals surface area contributed by atoms with Gasteiger partial charge in [0.05, 0.1) is 17.5 Å². The van der Waals surface area contributed by atoms with Crippen molar-refractivity contribution in [2.24, 2.45) is 5.92 Å². The van der Waals surface area contributed by atoms with E-state index in [1.54, 1.807) is 0 Å². The van der Waals surface area contributed by atoms with Gasteiger partial charge in [-0.2, -0.15) is 4.31 Å². The second kappa shape index (κ2) is 6.45. The second-order valence-electron chi connectivity index (χ2n) is 7.62. The summed E-state index contributed by atoms with van der Waals surface area (Å²) >= 11 is 0. The van der Waals surface area contributed by atoms with Gasteiger partial charge in [-0.25, -0.2) is 13.4 Å². The van der Waals surface area contributed by atoms with Crippen LogP contribution in [0.4, 0.5) is 0 Å². The number of amides is 1. The molecule has 1 aromatic rings. The Morgan fingerprint density at radius 3 is 2.65 bits per heavy atom. The van der Waals surface area contributed by atoms with Crippen molar-refractivity contribution in [3.8, 4) is 0 Å². The molecule has 4 rings (SSSR count). The highest BCUT2D eigenvalue weighted by Crippen LogP contribution is 2.32. The SMILES string of the molecule is CS(=O)(=O)N1CCc2nc([C@@H]3CCN(C(=O)C4CCC4)C3)[nH]c(=O)c2C1. The van der Waals surface area contributed by atoms with Crippen LogP contribution in [0.3, 0.4) is 0 Å². The zero-order chi connectivity index (χ0) is 18.5. The Morgan fingerprint density at radius 2 is 2.00 bits per heavy atom. The molecule has 3 aliphatic rings. The monoisotopic (exact) mass is 380 g/mol. The molecule has 0 unspecified atom stereocenters. The number of hydrogen-bond acceptors (Lipinski definition) is 5. The molecular formula is C17H24N4O4S. The number of nitrogens with zero attached hydrogens (tertiary/aromatic N) is 3. The Bertz CT molecular complexity index is 891. The van der Waals surface area contributed by atoms with E-state index in [0.29, 0.717) is 43.1 Å². The molecule has 26 heavy (non-hydrogen) atoms. The Morgan fingerprint density at radius 1 is 1.23 bits per heavy atom. The Labute approximate surface area is 152 Å². The van der Waals surface area contributed by atoms with Gasteiger partial charge in [0.1, 0.15) is 5.82 Å². The Kier molecular flexibility index (Phi) is 4.38. The predicted molar refractivity (Wildman–Crippen MR) is 95.1 cm³/mol. The molecule has 2 aliphatic heterocycles. The van der Waals surface area contributed by atoms with Gasteiger partial charge in [0, 0.05) is 44.4 Å². The highest BCUT2D eigenvalue weighted by Gasteiger charge is 2.35. The van der Waals surface area contributed by atoms with E-state index in [2.05, 4.69) is 9.97 Å². The fourth-order valence-corrected chi connectivity index (χ4v) is 4.78. The molecule has 3 heterocycles. The van der Waals surface area contributed by atoms with E-state index in [-0.39, 0.29) is 29.8 Å². The molecule has 1 saturated carbocycles. The van der Waals surface area contributed by atoms with Crippen molar-refractivity contribution in [3.63, 3.8) is 0 Å². The molecule has 1 saturated heterocycles. The second-order valence-corrected chi connectivity index (χ2v) is 9.60. The summed E-state index contributed by atoms with van der Waals surface area (Å²) in [5, 5.41) is 0. The van der Waals surface area contributed by atoms with Crippen molar-refractivity contribution < 1.29 is 13.2 Å². The lowest BCUT2D eigenvalue weighted by atomic mass is 9.84. The predicted octanol–water partition coefficient (Wildman–Crippen LogP) is 0.204. The molecule has 0 bridgehead atoms. The fourth-order valence-electron chi connectivity index (χ4n) is 3.99. The summed E-state index contributed by atoms with van der Waals surface area (Å²) in [5.41, 5.74) is 0.861. The Hall–Kier alpha value is -1.74. The average Bonchev–Trinajstić information content (AvgIpc) is 3.02. The van der Waals surface area contributed by atoms with Crippen LogP contribution in [-0.2, 0) is 27.8 Å². The maximum absolute atomic E-state index is 12.5. The molecule has 2 fully saturated rings. The third-order valence-corrected chi connectivity index (χ3v) is 7.11. The van der Waals surface area contributed by atoms with Gasteiger partial charge in [-0.3, -0.25) is 9.59 Å². The smallest absolute Gasteiger partial charge is 0.255 e. The van der Waals surface area contributed by atoms with E-state index in [1.165, 1.54) is 4.31 Å². The molecule has 9 heteroatoms. The first-order valence-electron chi connectivity index (χ1n) is 9.19. The minimum absolute atomic E-state index is 0.0463. The highest BCUT2D eigenvalue weighted by molar-refractivity contribution is 7.88. The number of sulfonamides is 1. The first kappa shape index (κ1) is 17.7. The molecule has 1 aromatic heterocycles. The van der Waals surface area contributed by atoms with E-state index in [0.717, 1.165) is 31.9 Å². The summed E-state index contributed by atoms with van der Waals surface area (Å²) in [7, 11) is -3.32. The van der Waals surface area contributed by atoms with Crippen molar-refractivity contribution >= 4 is 15.9 Å². The molecule has 142 valence electrons. The summed E-state index contributed by atoms with van der Waals surface area (Å²) in [5.74, 6) is 1.10. The molecule has 1 amide bonds. The van der Waals surface area contributed by atoms with Crippen molar-refractivity contribution in [1.82, 2.24) is 19.2 Å². The van der Waals surface area contributed by atoms with Gasteiger partial charge in [0.25, 0.3) is 5.56 Å². The lowest BCUT2D eigenvalue weighted by Gasteiger charge is -2.29. The number of hydrogen-bond donors (Lipinski definition) is 1. The van der Waals surface area contributed by atoms with Gasteiger partial charge in [0.15, 0.2) is 0 Å². The molecule has 8 nitrogen and oxygen atoms in total. The Balaban J connectivity index is 1.52. The molecule has 0 radical (unpaired) electrons. The molecule has 1 N–H and O–H groups in total. The van der Waals surface area contributed by atoms with Gasteiger partial charge in [-0.15, -0.1) is 0 Å². The highest BCUT2D eigenvalue weighted by atomic mass is 32.2. The number of aromatic nitrogens is 2. The minimum atomic E-state index is -3.32. The van der Waals surface area contributed by atoms with Crippen molar-refractivity contribution in [3.05, 3.63) is 27.4 Å². The van der Waals surface area contributed by atoms with Crippen LogP contribution in [0.1, 0.15) is 48.7 Å². The number of fused-ring (bicyclic) bond motifs is 1. The van der Waals surface area contributed by atoms with E-state index in [9.17, 15) is 18.0 Å². The summed E-state index contributed by atoms with van der Waals surface area (Å²) in [6.07, 6.45) is 5.51. The van der Waals surface area contributed by atoms with Crippen LogP contribution in [0.15, 0.2) is 4.79 Å². The van der Waals surface area contributed by atoms with Crippen LogP contribution in [-0.4, -0.2) is 59.4 Å². The topological polar surface area (TPSA) is 103 Å². The molecular weight excluding hydrogens is 356 g/mol. The lowest BCUT2D eigenvalue weighted by Crippen LogP contribution is -2.39. The van der Waals surface area contributed by atoms with E-state index in [4.69, 9.17) is 0 Å². The summed E-state index contributed by atoms with van der Waals surface area (Å²) in [4.78, 5) is 34.3. The number of H-pyrrole nitrogens is 1. The largest absolute Gasteiger partial charge is 0.342 e. The quantitative estimate of drug-likeness (QED) is 0.807. The number of likely N-dealkylation sites (tertiary alicyclic amines) is 1. The fraction of sp³-hybridized carbons (Fsp3) is 0.706. The number of aromatic amines is 1. The minimum Gasteiger partial charge on any atom is -0.342 e. The number of carbonyl (C=O) groups is 1.